The van der Waals surface area contributed by atoms with Gasteiger partial charge < -0.3 is 11.1 Å². The van der Waals surface area contributed by atoms with Gasteiger partial charge in [0.25, 0.3) is 0 Å². The van der Waals surface area contributed by atoms with Crippen molar-refractivity contribution in [3.8, 4) is 6.07 Å². The first-order chi connectivity index (χ1) is 6.63. The number of carbonyl (C=O) groups excluding carboxylic acids is 1. The largest absolute Gasteiger partial charge is 0.352 e. The van der Waals surface area contributed by atoms with Gasteiger partial charge in [-0.15, -0.1) is 0 Å². The fourth-order valence-corrected chi connectivity index (χ4v) is 1.16. The van der Waals surface area contributed by atoms with Crippen LogP contribution in [-0.2, 0) is 6.54 Å². The van der Waals surface area contributed by atoms with E-state index in [-0.39, 0.29) is 6.54 Å². The van der Waals surface area contributed by atoms with E-state index >= 15 is 0 Å². The van der Waals surface area contributed by atoms with E-state index in [9.17, 15) is 4.79 Å². The lowest BCUT2D eigenvalue weighted by atomic mass is 10.1. The topological polar surface area (TPSA) is 78.9 Å². The summed E-state index contributed by atoms with van der Waals surface area (Å²) in [4.78, 5) is 10.4. The number of nitrogens with zero attached hydrogens (tertiary/aromatic N) is 1. The van der Waals surface area contributed by atoms with Gasteiger partial charge in [0.2, 0.25) is 0 Å². The molecule has 0 aliphatic heterocycles. The molecule has 5 heteroatoms. The van der Waals surface area contributed by atoms with Crippen molar-refractivity contribution in [1.29, 1.82) is 5.26 Å². The minimum absolute atomic E-state index is 0.232. The van der Waals surface area contributed by atoms with Gasteiger partial charge in [0.1, 0.15) is 0 Å². The predicted molar refractivity (Wildman–Crippen MR) is 52.6 cm³/mol. The van der Waals surface area contributed by atoms with Crippen molar-refractivity contribution < 1.29 is 4.79 Å². The van der Waals surface area contributed by atoms with Crippen LogP contribution in [0.1, 0.15) is 11.1 Å². The van der Waals surface area contributed by atoms with Gasteiger partial charge in [-0.1, -0.05) is 17.7 Å². The predicted octanol–water partition coefficient (Wildman–Crippen LogP) is 1.38. The maximum Gasteiger partial charge on any atom is 0.312 e. The molecular weight excluding hydrogens is 202 g/mol. The number of nitrogens with two attached hydrogens (primary N) is 1. The summed E-state index contributed by atoms with van der Waals surface area (Å²) < 4.78 is 0. The molecule has 0 atom stereocenters. The van der Waals surface area contributed by atoms with Crippen molar-refractivity contribution in [2.45, 2.75) is 6.54 Å². The van der Waals surface area contributed by atoms with Crippen LogP contribution < -0.4 is 11.1 Å². The van der Waals surface area contributed by atoms with Gasteiger partial charge in [-0.05, 0) is 17.7 Å². The molecule has 0 heterocycles. The van der Waals surface area contributed by atoms with Gasteiger partial charge in [-0.2, -0.15) is 5.26 Å². The number of benzene rings is 1. The number of primary amides is 1. The molecule has 0 saturated heterocycles. The number of hydrogen-bond donors (Lipinski definition) is 2. The summed E-state index contributed by atoms with van der Waals surface area (Å²) in [5.41, 5.74) is 6.03. The van der Waals surface area contributed by atoms with E-state index in [4.69, 9.17) is 22.6 Å². The Balaban J connectivity index is 2.87. The summed E-state index contributed by atoms with van der Waals surface area (Å²) in [5.74, 6) is 0. The molecular formula is C9H8ClN3O. The summed E-state index contributed by atoms with van der Waals surface area (Å²) in [7, 11) is 0. The van der Waals surface area contributed by atoms with E-state index in [1.54, 1.807) is 18.2 Å². The molecule has 3 N–H and O–H groups in total. The van der Waals surface area contributed by atoms with Crippen molar-refractivity contribution in [2.75, 3.05) is 0 Å². The molecule has 0 radical (unpaired) electrons. The Morgan fingerprint density at radius 3 is 2.93 bits per heavy atom. The quantitative estimate of drug-likeness (QED) is 0.772. The smallest absolute Gasteiger partial charge is 0.312 e. The molecule has 0 fully saturated rings. The summed E-state index contributed by atoms with van der Waals surface area (Å²) in [6.07, 6.45) is 0. The molecule has 0 spiro atoms. The van der Waals surface area contributed by atoms with E-state index in [0.717, 1.165) is 0 Å². The highest BCUT2D eigenvalue weighted by molar-refractivity contribution is 6.30. The molecule has 1 rings (SSSR count). The molecule has 2 amide bonds. The molecule has 0 saturated carbocycles. The average molecular weight is 210 g/mol. The van der Waals surface area contributed by atoms with Gasteiger partial charge in [0, 0.05) is 11.6 Å². The van der Waals surface area contributed by atoms with E-state index in [1.165, 1.54) is 0 Å². The summed E-state index contributed by atoms with van der Waals surface area (Å²) in [5, 5.41) is 11.6. The second-order valence-corrected chi connectivity index (χ2v) is 3.07. The van der Waals surface area contributed by atoms with Crippen molar-refractivity contribution in [3.05, 3.63) is 34.3 Å². The number of amides is 2. The average Bonchev–Trinajstić information content (AvgIpc) is 2.15. The van der Waals surface area contributed by atoms with E-state index in [2.05, 4.69) is 5.32 Å². The molecule has 1 aromatic rings. The second kappa shape index (κ2) is 4.49. The first kappa shape index (κ1) is 10.4. The van der Waals surface area contributed by atoms with E-state index < -0.39 is 6.03 Å². The highest BCUT2D eigenvalue weighted by Gasteiger charge is 2.03. The van der Waals surface area contributed by atoms with Gasteiger partial charge >= 0.3 is 6.03 Å². The third-order valence-corrected chi connectivity index (χ3v) is 1.88. The molecule has 14 heavy (non-hydrogen) atoms. The fourth-order valence-electron chi connectivity index (χ4n) is 0.989. The van der Waals surface area contributed by atoms with Crippen LogP contribution in [0.25, 0.3) is 0 Å². The highest BCUT2D eigenvalue weighted by atomic mass is 35.5. The zero-order valence-electron chi connectivity index (χ0n) is 7.25. The van der Waals surface area contributed by atoms with Crippen LogP contribution in [0.3, 0.4) is 0 Å². The van der Waals surface area contributed by atoms with E-state index in [1.807, 2.05) is 6.07 Å². The summed E-state index contributed by atoms with van der Waals surface area (Å²) >= 11 is 5.70. The van der Waals surface area contributed by atoms with Crippen LogP contribution in [0, 0.1) is 11.3 Å². The molecule has 0 unspecified atom stereocenters. The Morgan fingerprint density at radius 2 is 2.36 bits per heavy atom. The third kappa shape index (κ3) is 2.64. The number of halogens is 1. The maximum absolute atomic E-state index is 10.4. The van der Waals surface area contributed by atoms with Crippen molar-refractivity contribution in [2.24, 2.45) is 5.73 Å². The van der Waals surface area contributed by atoms with Gasteiger partial charge in [-0.25, -0.2) is 4.79 Å². The lowest BCUT2D eigenvalue weighted by molar-refractivity contribution is 0.248. The standard InChI is InChI=1S/C9H8ClN3O/c10-8-2-1-6(5-13-9(12)14)7(3-8)4-11/h1-3H,5H2,(H3,12,13,14). The fraction of sp³-hybridized carbons (Fsp3) is 0.111. The SMILES string of the molecule is N#Cc1cc(Cl)ccc1CNC(N)=O. The molecule has 0 aliphatic carbocycles. The number of urea groups is 1. The Hall–Kier alpha value is -1.73. The minimum atomic E-state index is -0.621. The highest BCUT2D eigenvalue weighted by Crippen LogP contribution is 2.14. The zero-order valence-corrected chi connectivity index (χ0v) is 8.01. The Morgan fingerprint density at radius 1 is 1.64 bits per heavy atom. The van der Waals surface area contributed by atoms with Crippen LogP contribution in [0.15, 0.2) is 18.2 Å². The number of rotatable bonds is 2. The monoisotopic (exact) mass is 209 g/mol. The lowest BCUT2D eigenvalue weighted by Gasteiger charge is -2.04. The number of carbonyl (C=O) groups is 1. The van der Waals surface area contributed by atoms with Crippen LogP contribution in [-0.4, -0.2) is 6.03 Å². The maximum atomic E-state index is 10.4. The summed E-state index contributed by atoms with van der Waals surface area (Å²) in [6.45, 7) is 0.232. The molecule has 1 aromatic carbocycles. The van der Waals surface area contributed by atoms with E-state index in [0.29, 0.717) is 16.1 Å². The Kier molecular flexibility index (Phi) is 3.32. The number of hydrogen-bond acceptors (Lipinski definition) is 2. The van der Waals surface area contributed by atoms with Gasteiger partial charge in [-0.3, -0.25) is 0 Å². The van der Waals surface area contributed by atoms with Gasteiger partial charge in [0.05, 0.1) is 11.6 Å². The lowest BCUT2D eigenvalue weighted by Crippen LogP contribution is -2.28. The Labute approximate surface area is 86.3 Å². The molecule has 0 aromatic heterocycles. The molecule has 72 valence electrons. The number of nitriles is 1. The van der Waals surface area contributed by atoms with Crippen LogP contribution >= 0.6 is 11.6 Å². The summed E-state index contributed by atoms with van der Waals surface area (Å²) in [6, 6.07) is 6.23. The van der Waals surface area contributed by atoms with Crippen molar-refractivity contribution >= 4 is 17.6 Å². The van der Waals surface area contributed by atoms with Crippen LogP contribution in [0.5, 0.6) is 0 Å². The van der Waals surface area contributed by atoms with Crippen molar-refractivity contribution in [3.63, 3.8) is 0 Å². The Bertz CT molecular complexity index is 398. The first-order valence-corrected chi connectivity index (χ1v) is 4.23. The normalized spacial score (nSPS) is 9.14. The zero-order chi connectivity index (χ0) is 10.6. The van der Waals surface area contributed by atoms with Gasteiger partial charge in [0.15, 0.2) is 0 Å². The molecule has 0 bridgehead atoms. The van der Waals surface area contributed by atoms with Crippen LogP contribution in [0.2, 0.25) is 5.02 Å². The van der Waals surface area contributed by atoms with Crippen LogP contribution in [0.4, 0.5) is 4.79 Å². The third-order valence-electron chi connectivity index (χ3n) is 1.65. The molecule has 4 nitrogen and oxygen atoms in total. The second-order valence-electron chi connectivity index (χ2n) is 2.63. The molecule has 0 aliphatic rings. The van der Waals surface area contributed by atoms with Crippen molar-refractivity contribution in [1.82, 2.24) is 5.32 Å². The first-order valence-electron chi connectivity index (χ1n) is 3.85. The number of nitrogens with one attached hydrogen (secondary N) is 1. The minimum Gasteiger partial charge on any atom is -0.352 e.